The van der Waals surface area contributed by atoms with Crippen molar-refractivity contribution in [2.24, 2.45) is 5.92 Å². The molecule has 0 aromatic carbocycles. The van der Waals surface area contributed by atoms with Gasteiger partial charge in [0.25, 0.3) is 0 Å². The predicted molar refractivity (Wildman–Crippen MR) is 326 cm³/mol. The maximum absolute atomic E-state index is 13.0. The third-order valence-electron chi connectivity index (χ3n) is 14.5. The molecule has 486 valence electrons. The van der Waals surface area contributed by atoms with Crippen molar-refractivity contribution in [3.63, 3.8) is 0 Å². The van der Waals surface area contributed by atoms with Gasteiger partial charge in [-0.15, -0.1) is 0 Å². The van der Waals surface area contributed by atoms with E-state index in [9.17, 15) is 43.2 Å². The standard InChI is InChI=1S/C63H122O17P2/c1-6-9-12-15-16-17-18-19-24-27-30-33-38-42-47-61(66)74-53-59(80-63(68)49-44-39-34-31-28-25-22-20-21-23-26-29-32-37-40-45-56(4)5)55-78-82(71,72)76-51-57(64)50-75-81(69,70)77-54-58(79-62(67)48-43-36-14-11-8-3)52-73-60(65)46-41-35-13-10-7-2/h56-59,64H,6-55H2,1-5H3,(H,69,70)(H,71,72)/t57-,58+,59+/m0/s1. The molecule has 0 amide bonds. The zero-order chi connectivity index (χ0) is 60.6. The van der Waals surface area contributed by atoms with Crippen molar-refractivity contribution >= 4 is 39.5 Å². The first-order valence-electron chi connectivity index (χ1n) is 33.1. The molecule has 0 aliphatic carbocycles. The average Bonchev–Trinajstić information content (AvgIpc) is 3.46. The SMILES string of the molecule is CCCCCCCCCCCCCCCCC(=O)OC[C@H](COP(=O)(O)OC[C@@H](O)COP(=O)(O)OC[C@@H](COC(=O)CCCCCCC)OC(=O)CCCCCCC)OC(=O)CCCCCCCCCCCCCCCCCC(C)C. The van der Waals surface area contributed by atoms with E-state index in [0.29, 0.717) is 25.7 Å². The highest BCUT2D eigenvalue weighted by Gasteiger charge is 2.30. The first kappa shape index (κ1) is 80.1. The van der Waals surface area contributed by atoms with Crippen LogP contribution < -0.4 is 0 Å². The van der Waals surface area contributed by atoms with E-state index in [1.165, 1.54) is 135 Å². The van der Waals surface area contributed by atoms with Gasteiger partial charge in [-0.2, -0.15) is 0 Å². The van der Waals surface area contributed by atoms with Crippen LogP contribution in [0.15, 0.2) is 0 Å². The molecule has 3 N–H and O–H groups in total. The molecule has 0 rings (SSSR count). The van der Waals surface area contributed by atoms with Crippen LogP contribution >= 0.6 is 15.6 Å². The molecule has 0 heterocycles. The Morgan fingerprint density at radius 3 is 0.829 bits per heavy atom. The maximum Gasteiger partial charge on any atom is 0.472 e. The van der Waals surface area contributed by atoms with Gasteiger partial charge in [0.15, 0.2) is 12.2 Å². The van der Waals surface area contributed by atoms with Crippen LogP contribution in [0.3, 0.4) is 0 Å². The van der Waals surface area contributed by atoms with Gasteiger partial charge in [0, 0.05) is 25.7 Å². The number of hydrogen-bond donors (Lipinski definition) is 3. The topological polar surface area (TPSA) is 237 Å². The molecular formula is C63H122O17P2. The predicted octanol–water partition coefficient (Wildman–Crippen LogP) is 17.4. The van der Waals surface area contributed by atoms with Gasteiger partial charge in [0.1, 0.15) is 19.3 Å². The monoisotopic (exact) mass is 1210 g/mol. The van der Waals surface area contributed by atoms with Crippen molar-refractivity contribution in [2.75, 3.05) is 39.6 Å². The summed E-state index contributed by atoms with van der Waals surface area (Å²) in [5.74, 6) is -1.35. The molecule has 5 atom stereocenters. The van der Waals surface area contributed by atoms with Crippen LogP contribution in [0, 0.1) is 5.92 Å². The molecule has 0 aliphatic rings. The van der Waals surface area contributed by atoms with Gasteiger partial charge < -0.3 is 33.8 Å². The highest BCUT2D eigenvalue weighted by molar-refractivity contribution is 7.47. The van der Waals surface area contributed by atoms with Gasteiger partial charge in [0.05, 0.1) is 26.4 Å². The van der Waals surface area contributed by atoms with Crippen molar-refractivity contribution < 1.29 is 80.2 Å². The van der Waals surface area contributed by atoms with Gasteiger partial charge in [-0.3, -0.25) is 37.3 Å². The zero-order valence-electron chi connectivity index (χ0n) is 52.6. The van der Waals surface area contributed by atoms with E-state index in [1.807, 2.05) is 0 Å². The lowest BCUT2D eigenvalue weighted by Gasteiger charge is -2.21. The normalized spacial score (nSPS) is 14.3. The van der Waals surface area contributed by atoms with Gasteiger partial charge in [-0.25, -0.2) is 9.13 Å². The Hall–Kier alpha value is -1.94. The van der Waals surface area contributed by atoms with E-state index in [1.54, 1.807) is 0 Å². The number of esters is 4. The number of phosphoric ester groups is 2. The van der Waals surface area contributed by atoms with Crippen LogP contribution in [0.1, 0.15) is 317 Å². The molecular weight excluding hydrogens is 1090 g/mol. The number of carbonyl (C=O) groups is 4. The molecule has 17 nitrogen and oxygen atoms in total. The van der Waals surface area contributed by atoms with Crippen molar-refractivity contribution in [1.29, 1.82) is 0 Å². The third kappa shape index (κ3) is 57.2. The summed E-state index contributed by atoms with van der Waals surface area (Å²) >= 11 is 0. The molecule has 2 unspecified atom stereocenters. The minimum absolute atomic E-state index is 0.0989. The Bertz CT molecular complexity index is 1600. The number of carbonyl (C=O) groups excluding carboxylic acids is 4. The molecule has 19 heteroatoms. The molecule has 0 aliphatic heterocycles. The second-order valence-corrected chi connectivity index (χ2v) is 26.2. The zero-order valence-corrected chi connectivity index (χ0v) is 54.4. The lowest BCUT2D eigenvalue weighted by Crippen LogP contribution is -2.30. The number of unbranched alkanes of at least 4 members (excludes halogenated alkanes) is 35. The molecule has 0 bridgehead atoms. The molecule has 82 heavy (non-hydrogen) atoms. The Balaban J connectivity index is 5.09. The average molecular weight is 1210 g/mol. The first-order chi connectivity index (χ1) is 39.5. The summed E-state index contributed by atoms with van der Waals surface area (Å²) in [5, 5.41) is 10.5. The summed E-state index contributed by atoms with van der Waals surface area (Å²) in [4.78, 5) is 71.6. The third-order valence-corrected chi connectivity index (χ3v) is 16.4. The van der Waals surface area contributed by atoms with E-state index in [2.05, 4.69) is 34.6 Å². The maximum atomic E-state index is 13.0. The quantitative estimate of drug-likeness (QED) is 0.0222. The summed E-state index contributed by atoms with van der Waals surface area (Å²) in [6.07, 6.45) is 41.1. The molecule has 0 radical (unpaired) electrons. The van der Waals surface area contributed by atoms with Gasteiger partial charge >= 0.3 is 39.5 Å². The highest BCUT2D eigenvalue weighted by Crippen LogP contribution is 2.45. The van der Waals surface area contributed by atoms with Crippen LogP contribution in [-0.4, -0.2) is 96.7 Å². The summed E-state index contributed by atoms with van der Waals surface area (Å²) in [6, 6.07) is 0. The molecule has 0 saturated heterocycles. The fourth-order valence-electron chi connectivity index (χ4n) is 9.41. The number of phosphoric acid groups is 2. The van der Waals surface area contributed by atoms with E-state index in [-0.39, 0.29) is 25.7 Å². The van der Waals surface area contributed by atoms with Crippen LogP contribution in [-0.2, 0) is 65.4 Å². The largest absolute Gasteiger partial charge is 0.472 e. The summed E-state index contributed by atoms with van der Waals surface area (Å²) in [7, 11) is -9.86. The first-order valence-corrected chi connectivity index (χ1v) is 36.1. The molecule has 0 aromatic rings. The fraction of sp³-hybridized carbons (Fsp3) is 0.937. The lowest BCUT2D eigenvalue weighted by molar-refractivity contribution is -0.161. The Kier molecular flexibility index (Phi) is 55.5. The van der Waals surface area contributed by atoms with Crippen LogP contribution in [0.5, 0.6) is 0 Å². The second kappa shape index (κ2) is 56.8. The molecule has 0 spiro atoms. The van der Waals surface area contributed by atoms with Gasteiger partial charge in [-0.05, 0) is 31.6 Å². The van der Waals surface area contributed by atoms with Crippen LogP contribution in [0.25, 0.3) is 0 Å². The number of aliphatic hydroxyl groups excluding tert-OH is 1. The molecule has 0 fully saturated rings. The summed E-state index contributed by atoms with van der Waals surface area (Å²) in [5.41, 5.74) is 0. The van der Waals surface area contributed by atoms with E-state index in [0.717, 1.165) is 102 Å². The molecule has 0 saturated carbocycles. The minimum atomic E-state index is -4.94. The fourth-order valence-corrected chi connectivity index (χ4v) is 11.0. The molecule has 0 aromatic heterocycles. The van der Waals surface area contributed by atoms with Crippen molar-refractivity contribution in [3.05, 3.63) is 0 Å². The van der Waals surface area contributed by atoms with Crippen LogP contribution in [0.4, 0.5) is 0 Å². The van der Waals surface area contributed by atoms with Crippen molar-refractivity contribution in [1.82, 2.24) is 0 Å². The number of rotatable bonds is 63. The van der Waals surface area contributed by atoms with Crippen LogP contribution in [0.2, 0.25) is 0 Å². The summed E-state index contributed by atoms with van der Waals surface area (Å²) in [6.45, 7) is 7.04. The number of aliphatic hydroxyl groups is 1. The minimum Gasteiger partial charge on any atom is -0.462 e. The smallest absolute Gasteiger partial charge is 0.462 e. The van der Waals surface area contributed by atoms with Gasteiger partial charge in [0.2, 0.25) is 0 Å². The van der Waals surface area contributed by atoms with E-state index in [4.69, 9.17) is 37.0 Å². The summed E-state index contributed by atoms with van der Waals surface area (Å²) < 4.78 is 67.5. The number of hydrogen-bond acceptors (Lipinski definition) is 15. The Morgan fingerprint density at radius 1 is 0.329 bits per heavy atom. The number of ether oxygens (including phenoxy) is 4. The second-order valence-electron chi connectivity index (χ2n) is 23.3. The lowest BCUT2D eigenvalue weighted by atomic mass is 10.0. The highest BCUT2D eigenvalue weighted by atomic mass is 31.2. The Labute approximate surface area is 498 Å². The van der Waals surface area contributed by atoms with Crippen molar-refractivity contribution in [2.45, 2.75) is 335 Å². The Morgan fingerprint density at radius 2 is 0.561 bits per heavy atom. The van der Waals surface area contributed by atoms with E-state index >= 15 is 0 Å². The van der Waals surface area contributed by atoms with Gasteiger partial charge in [-0.1, -0.05) is 266 Å². The van der Waals surface area contributed by atoms with Crippen molar-refractivity contribution in [3.8, 4) is 0 Å². The van der Waals surface area contributed by atoms with E-state index < -0.39 is 97.5 Å².